The summed E-state index contributed by atoms with van der Waals surface area (Å²) in [7, 11) is 0. The Morgan fingerprint density at radius 3 is 2.57 bits per heavy atom. The van der Waals surface area contributed by atoms with Crippen LogP contribution in [0.25, 0.3) is 0 Å². The Morgan fingerprint density at radius 2 is 1.91 bits per heavy atom. The van der Waals surface area contributed by atoms with Gasteiger partial charge in [0.15, 0.2) is 5.15 Å². The number of rotatable bonds is 4. The van der Waals surface area contributed by atoms with E-state index in [2.05, 4.69) is 20.4 Å². The maximum atomic E-state index is 11.9. The summed E-state index contributed by atoms with van der Waals surface area (Å²) < 4.78 is 9.57. The van der Waals surface area contributed by atoms with E-state index >= 15 is 0 Å². The highest BCUT2D eigenvalue weighted by Gasteiger charge is 2.08. The molecule has 0 spiro atoms. The third-order valence-electron chi connectivity index (χ3n) is 2.58. The molecule has 0 fully saturated rings. The first-order valence-electron chi connectivity index (χ1n) is 6.71. The zero-order valence-electron chi connectivity index (χ0n) is 12.2. The van der Waals surface area contributed by atoms with Gasteiger partial charge in [-0.25, -0.2) is 14.6 Å². The molecule has 0 aliphatic heterocycles. The minimum atomic E-state index is -0.780. The first kappa shape index (κ1) is 16.6. The molecule has 0 atom stereocenters. The van der Waals surface area contributed by atoms with Crippen LogP contribution in [0, 0.1) is 0 Å². The van der Waals surface area contributed by atoms with Gasteiger partial charge >= 0.3 is 12.2 Å². The van der Waals surface area contributed by atoms with E-state index in [1.807, 2.05) is 0 Å². The number of urea groups is 1. The van der Waals surface area contributed by atoms with E-state index in [4.69, 9.17) is 16.3 Å². The molecule has 1 heterocycles. The minimum Gasteiger partial charge on any atom is -0.434 e. The fourth-order valence-corrected chi connectivity index (χ4v) is 1.78. The van der Waals surface area contributed by atoms with E-state index in [-0.39, 0.29) is 11.8 Å². The normalized spacial score (nSPS) is 9.83. The first-order chi connectivity index (χ1) is 11.1. The number of anilines is 2. The molecular formula is C15H14ClN3O4. The number of hydrogen-bond donors (Lipinski definition) is 2. The zero-order chi connectivity index (χ0) is 16.7. The maximum absolute atomic E-state index is 11.9. The molecule has 2 amide bonds. The van der Waals surface area contributed by atoms with E-state index in [0.29, 0.717) is 17.1 Å². The molecular weight excluding hydrogens is 322 g/mol. The average molecular weight is 336 g/mol. The van der Waals surface area contributed by atoms with Crippen LogP contribution < -0.4 is 15.4 Å². The predicted octanol–water partition coefficient (Wildman–Crippen LogP) is 3.91. The Bertz CT molecular complexity index is 691. The van der Waals surface area contributed by atoms with Crippen molar-refractivity contribution in [2.45, 2.75) is 6.92 Å². The topological polar surface area (TPSA) is 89.5 Å². The minimum absolute atomic E-state index is 0.195. The summed E-state index contributed by atoms with van der Waals surface area (Å²) in [6.07, 6.45) is 0.741. The van der Waals surface area contributed by atoms with Crippen LogP contribution in [0.2, 0.25) is 5.15 Å². The summed E-state index contributed by atoms with van der Waals surface area (Å²) in [5.74, 6) is 0.310. The molecule has 2 rings (SSSR count). The fourth-order valence-electron chi connectivity index (χ4n) is 1.61. The molecule has 23 heavy (non-hydrogen) atoms. The average Bonchev–Trinajstić information content (AvgIpc) is 2.52. The molecule has 7 nitrogen and oxygen atoms in total. The number of halogens is 1. The van der Waals surface area contributed by atoms with Crippen LogP contribution in [-0.2, 0) is 4.74 Å². The molecule has 1 aromatic heterocycles. The van der Waals surface area contributed by atoms with Gasteiger partial charge in [-0.15, -0.1) is 0 Å². The lowest BCUT2D eigenvalue weighted by Gasteiger charge is -2.09. The van der Waals surface area contributed by atoms with Crippen molar-refractivity contribution in [3.05, 3.63) is 47.7 Å². The van der Waals surface area contributed by atoms with Crippen molar-refractivity contribution in [2.24, 2.45) is 0 Å². The highest BCUT2D eigenvalue weighted by atomic mass is 35.5. The van der Waals surface area contributed by atoms with Crippen molar-refractivity contribution in [1.29, 1.82) is 0 Å². The second kappa shape index (κ2) is 8.00. The summed E-state index contributed by atoms with van der Waals surface area (Å²) in [6.45, 7) is 1.91. The number of pyridine rings is 1. The van der Waals surface area contributed by atoms with Gasteiger partial charge in [-0.1, -0.05) is 11.6 Å². The number of nitrogens with zero attached hydrogens (tertiary/aromatic N) is 1. The van der Waals surface area contributed by atoms with Crippen LogP contribution in [0.4, 0.5) is 21.0 Å². The van der Waals surface area contributed by atoms with E-state index in [1.165, 1.54) is 18.3 Å². The van der Waals surface area contributed by atoms with E-state index in [9.17, 15) is 9.59 Å². The maximum Gasteiger partial charge on any atom is 0.513 e. The third kappa shape index (κ3) is 5.15. The highest BCUT2D eigenvalue weighted by Crippen LogP contribution is 2.19. The van der Waals surface area contributed by atoms with Gasteiger partial charge in [0, 0.05) is 11.9 Å². The van der Waals surface area contributed by atoms with Crippen LogP contribution in [0.1, 0.15) is 6.92 Å². The summed E-state index contributed by atoms with van der Waals surface area (Å²) in [4.78, 5) is 26.9. The number of nitrogens with one attached hydrogen (secondary N) is 2. The molecule has 2 aromatic rings. The fraction of sp³-hybridized carbons (Fsp3) is 0.133. The van der Waals surface area contributed by atoms with Gasteiger partial charge in [-0.3, -0.25) is 0 Å². The SMILES string of the molecule is CCOC(=O)Oc1ccc(NC(=O)Nc2cccnc2Cl)cc1. The molecule has 0 bridgehead atoms. The molecule has 0 aliphatic carbocycles. The molecule has 120 valence electrons. The Morgan fingerprint density at radius 1 is 1.17 bits per heavy atom. The van der Waals surface area contributed by atoms with Crippen LogP contribution >= 0.6 is 11.6 Å². The van der Waals surface area contributed by atoms with Crippen molar-refractivity contribution in [3.8, 4) is 5.75 Å². The van der Waals surface area contributed by atoms with Gasteiger partial charge in [0.25, 0.3) is 0 Å². The number of amides is 2. The van der Waals surface area contributed by atoms with Crippen LogP contribution in [0.15, 0.2) is 42.6 Å². The van der Waals surface area contributed by atoms with Crippen LogP contribution in [-0.4, -0.2) is 23.8 Å². The van der Waals surface area contributed by atoms with Gasteiger partial charge in [-0.05, 0) is 43.3 Å². The number of ether oxygens (including phenoxy) is 2. The largest absolute Gasteiger partial charge is 0.513 e. The lowest BCUT2D eigenvalue weighted by molar-refractivity contribution is 0.104. The molecule has 0 unspecified atom stereocenters. The molecule has 8 heteroatoms. The van der Waals surface area contributed by atoms with Crippen LogP contribution in [0.3, 0.4) is 0 Å². The van der Waals surface area contributed by atoms with E-state index < -0.39 is 12.2 Å². The molecule has 0 radical (unpaired) electrons. The van der Waals surface area contributed by atoms with Crippen molar-refractivity contribution >= 4 is 35.2 Å². The zero-order valence-corrected chi connectivity index (χ0v) is 13.0. The summed E-state index contributed by atoms with van der Waals surface area (Å²) >= 11 is 5.85. The first-order valence-corrected chi connectivity index (χ1v) is 7.09. The Hall–Kier alpha value is -2.80. The number of hydrogen-bond acceptors (Lipinski definition) is 5. The molecule has 0 saturated heterocycles. The second-order valence-corrected chi connectivity index (χ2v) is 4.59. The lowest BCUT2D eigenvalue weighted by atomic mass is 10.3. The quantitative estimate of drug-likeness (QED) is 0.502. The smallest absolute Gasteiger partial charge is 0.434 e. The van der Waals surface area contributed by atoms with Crippen molar-refractivity contribution in [1.82, 2.24) is 4.98 Å². The Kier molecular flexibility index (Phi) is 5.76. The van der Waals surface area contributed by atoms with Crippen LogP contribution in [0.5, 0.6) is 5.75 Å². The number of aromatic nitrogens is 1. The van der Waals surface area contributed by atoms with Crippen molar-refractivity contribution in [2.75, 3.05) is 17.2 Å². The number of carbonyl (C=O) groups excluding carboxylic acids is 2. The summed E-state index contributed by atoms with van der Waals surface area (Å²) in [6, 6.07) is 9.04. The lowest BCUT2D eigenvalue weighted by Crippen LogP contribution is -2.19. The Labute approximate surface area is 137 Å². The third-order valence-corrected chi connectivity index (χ3v) is 2.88. The molecule has 2 N–H and O–H groups in total. The van der Waals surface area contributed by atoms with Gasteiger partial charge in [0.05, 0.1) is 12.3 Å². The number of carbonyl (C=O) groups is 2. The summed E-state index contributed by atoms with van der Waals surface area (Å²) in [5.41, 5.74) is 0.910. The van der Waals surface area contributed by atoms with Crippen molar-refractivity contribution < 1.29 is 19.1 Å². The van der Waals surface area contributed by atoms with Gasteiger partial charge < -0.3 is 20.1 Å². The predicted molar refractivity (Wildman–Crippen MR) is 86.0 cm³/mol. The van der Waals surface area contributed by atoms with Crippen molar-refractivity contribution in [3.63, 3.8) is 0 Å². The molecule has 0 aliphatic rings. The van der Waals surface area contributed by atoms with Gasteiger partial charge in [-0.2, -0.15) is 0 Å². The molecule has 1 aromatic carbocycles. The molecule has 0 saturated carbocycles. The van der Waals surface area contributed by atoms with E-state index in [1.54, 1.807) is 31.2 Å². The van der Waals surface area contributed by atoms with Gasteiger partial charge in [0.1, 0.15) is 5.75 Å². The second-order valence-electron chi connectivity index (χ2n) is 4.23. The number of benzene rings is 1. The summed E-state index contributed by atoms with van der Waals surface area (Å²) in [5, 5.41) is 5.38. The highest BCUT2D eigenvalue weighted by molar-refractivity contribution is 6.32. The van der Waals surface area contributed by atoms with Gasteiger partial charge in [0.2, 0.25) is 0 Å². The Balaban J connectivity index is 1.91. The monoisotopic (exact) mass is 335 g/mol. The standard InChI is InChI=1S/C15H14ClN3O4/c1-2-22-15(21)23-11-7-5-10(6-8-11)18-14(20)19-12-4-3-9-17-13(12)16/h3-9H,2H2,1H3,(H2,18,19,20). The van der Waals surface area contributed by atoms with E-state index in [0.717, 1.165) is 0 Å².